The first-order valence-electron chi connectivity index (χ1n) is 22.3. The average Bonchev–Trinajstić information content (AvgIpc) is 3.40. The van der Waals surface area contributed by atoms with Gasteiger partial charge in [0.05, 0.1) is 0 Å². The van der Waals surface area contributed by atoms with Crippen LogP contribution in [-0.2, 0) is 0 Å². The number of nitrogens with zero attached hydrogens (tertiary/aromatic N) is 4. The van der Waals surface area contributed by atoms with E-state index in [1.165, 1.54) is 49.4 Å². The molecule has 2 heterocycles. The Balaban J connectivity index is 1.07. The third-order valence-corrected chi connectivity index (χ3v) is 12.7. The minimum Gasteiger partial charge on any atom is -0.264 e. The summed E-state index contributed by atoms with van der Waals surface area (Å²) in [6.07, 6.45) is 3.68. The van der Waals surface area contributed by atoms with Gasteiger partial charge >= 0.3 is 0 Å². The molecule has 66 heavy (non-hydrogen) atoms. The summed E-state index contributed by atoms with van der Waals surface area (Å²) in [5.74, 6) is 1.83. The van der Waals surface area contributed by atoms with Crippen LogP contribution in [0.5, 0.6) is 0 Å². The normalized spacial score (nSPS) is 11.3. The first-order chi connectivity index (χ1) is 32.8. The fourth-order valence-electron chi connectivity index (χ4n) is 9.63. The average molecular weight is 841 g/mol. The standard InChI is InChI=1S/C62H40N4/c1-3-18-42(19-4-1)46-23-7-11-27-50(46)58-51-28-12-14-30-53(51)59(54-31-15-13-29-52(54)58)55-37-38-57(49-26-10-9-25-48(49)55)62-65-60(44-35-33-41(34-36-44)45-22-17-39-63-40-45)64-61(66-62)56-32-16-8-24-47(56)43-20-5-2-6-21-43/h1-40H. The van der Waals surface area contributed by atoms with Crippen molar-refractivity contribution in [3.63, 3.8) is 0 Å². The largest absolute Gasteiger partial charge is 0.264 e. The molecule has 12 rings (SSSR count). The van der Waals surface area contributed by atoms with Gasteiger partial charge in [-0.1, -0.05) is 218 Å². The summed E-state index contributed by atoms with van der Waals surface area (Å²) in [5.41, 5.74) is 14.3. The molecule has 12 aromatic rings. The molecule has 10 aromatic carbocycles. The van der Waals surface area contributed by atoms with Crippen LogP contribution in [0.4, 0.5) is 0 Å². The molecule has 0 aliphatic heterocycles. The van der Waals surface area contributed by atoms with Gasteiger partial charge in [0.25, 0.3) is 0 Å². The Labute approximate surface area is 383 Å². The van der Waals surface area contributed by atoms with Gasteiger partial charge in [0.2, 0.25) is 0 Å². The molecule has 0 fully saturated rings. The van der Waals surface area contributed by atoms with Gasteiger partial charge in [-0.25, -0.2) is 15.0 Å². The van der Waals surface area contributed by atoms with Crippen molar-refractivity contribution in [1.82, 2.24) is 19.9 Å². The summed E-state index contributed by atoms with van der Waals surface area (Å²) >= 11 is 0. The second-order valence-electron chi connectivity index (χ2n) is 16.5. The van der Waals surface area contributed by atoms with Crippen molar-refractivity contribution in [2.45, 2.75) is 0 Å². The van der Waals surface area contributed by atoms with Crippen molar-refractivity contribution in [3.05, 3.63) is 243 Å². The van der Waals surface area contributed by atoms with Gasteiger partial charge in [-0.05, 0) is 100 Å². The van der Waals surface area contributed by atoms with Crippen LogP contribution in [0.15, 0.2) is 243 Å². The van der Waals surface area contributed by atoms with E-state index in [9.17, 15) is 0 Å². The van der Waals surface area contributed by atoms with Crippen LogP contribution >= 0.6 is 0 Å². The predicted octanol–water partition coefficient (Wildman–Crippen LogP) is 16.1. The van der Waals surface area contributed by atoms with Gasteiger partial charge in [-0.3, -0.25) is 4.98 Å². The van der Waals surface area contributed by atoms with Crippen molar-refractivity contribution in [3.8, 4) is 89.8 Å². The Morgan fingerprint density at radius 3 is 1.17 bits per heavy atom. The number of aromatic nitrogens is 4. The van der Waals surface area contributed by atoms with E-state index in [-0.39, 0.29) is 0 Å². The molecule has 2 aromatic heterocycles. The number of benzene rings is 10. The molecule has 0 aliphatic carbocycles. The lowest BCUT2D eigenvalue weighted by Crippen LogP contribution is -2.02. The second kappa shape index (κ2) is 16.7. The van der Waals surface area contributed by atoms with Crippen LogP contribution < -0.4 is 0 Å². The maximum atomic E-state index is 5.35. The molecular formula is C62H40N4. The third kappa shape index (κ3) is 6.89. The Bertz CT molecular complexity index is 3680. The van der Waals surface area contributed by atoms with Crippen molar-refractivity contribution in [2.24, 2.45) is 0 Å². The van der Waals surface area contributed by atoms with Crippen molar-refractivity contribution < 1.29 is 0 Å². The van der Waals surface area contributed by atoms with Crippen LogP contribution in [0, 0.1) is 0 Å². The lowest BCUT2D eigenvalue weighted by molar-refractivity contribution is 1.08. The Morgan fingerprint density at radius 2 is 0.606 bits per heavy atom. The van der Waals surface area contributed by atoms with E-state index in [2.05, 4.69) is 223 Å². The number of fused-ring (bicyclic) bond motifs is 3. The quantitative estimate of drug-likeness (QED) is 0.143. The van der Waals surface area contributed by atoms with Gasteiger partial charge in [-0.2, -0.15) is 0 Å². The Kier molecular flexibility index (Phi) is 9.81. The third-order valence-electron chi connectivity index (χ3n) is 12.7. The Morgan fingerprint density at radius 1 is 0.212 bits per heavy atom. The molecule has 0 saturated heterocycles. The molecule has 308 valence electrons. The zero-order valence-corrected chi connectivity index (χ0v) is 35.9. The van der Waals surface area contributed by atoms with Crippen molar-refractivity contribution >= 4 is 32.3 Å². The highest BCUT2D eigenvalue weighted by Gasteiger charge is 2.22. The molecule has 0 amide bonds. The number of pyridine rings is 1. The highest BCUT2D eigenvalue weighted by molar-refractivity contribution is 6.24. The molecule has 0 aliphatic rings. The van der Waals surface area contributed by atoms with Gasteiger partial charge < -0.3 is 0 Å². The van der Waals surface area contributed by atoms with E-state index in [0.29, 0.717) is 17.5 Å². The number of rotatable bonds is 8. The molecule has 4 heteroatoms. The predicted molar refractivity (Wildman–Crippen MR) is 274 cm³/mol. The van der Waals surface area contributed by atoms with Crippen LogP contribution in [-0.4, -0.2) is 19.9 Å². The zero-order chi connectivity index (χ0) is 43.8. The van der Waals surface area contributed by atoms with Gasteiger partial charge in [-0.15, -0.1) is 0 Å². The molecule has 0 spiro atoms. The molecule has 0 saturated carbocycles. The highest BCUT2D eigenvalue weighted by Crippen LogP contribution is 2.48. The van der Waals surface area contributed by atoms with Gasteiger partial charge in [0, 0.05) is 29.1 Å². The maximum Gasteiger partial charge on any atom is 0.164 e. The first kappa shape index (κ1) is 38.8. The van der Waals surface area contributed by atoms with Crippen molar-refractivity contribution in [1.29, 1.82) is 0 Å². The molecule has 0 bridgehead atoms. The minimum absolute atomic E-state index is 0.604. The van der Waals surface area contributed by atoms with Crippen LogP contribution in [0.2, 0.25) is 0 Å². The SMILES string of the molecule is c1ccc(-c2ccccc2-c2nc(-c3ccc(-c4cccnc4)cc3)nc(-c3ccc(-c4c5ccccc5c(-c5ccccc5-c5ccccc5)c5ccccc45)c4ccccc34)n2)cc1. The highest BCUT2D eigenvalue weighted by atomic mass is 15.0. The van der Waals surface area contributed by atoms with E-state index < -0.39 is 0 Å². The van der Waals surface area contributed by atoms with E-state index in [0.717, 1.165) is 55.3 Å². The summed E-state index contributed by atoms with van der Waals surface area (Å²) in [6, 6.07) is 81.7. The second-order valence-corrected chi connectivity index (χ2v) is 16.5. The van der Waals surface area contributed by atoms with Crippen LogP contribution in [0.25, 0.3) is 122 Å². The van der Waals surface area contributed by atoms with Crippen LogP contribution in [0.1, 0.15) is 0 Å². The topological polar surface area (TPSA) is 51.6 Å². The van der Waals surface area contributed by atoms with Gasteiger partial charge in [0.1, 0.15) is 0 Å². The fourth-order valence-corrected chi connectivity index (χ4v) is 9.63. The van der Waals surface area contributed by atoms with Crippen molar-refractivity contribution in [2.75, 3.05) is 0 Å². The van der Waals surface area contributed by atoms with Crippen LogP contribution in [0.3, 0.4) is 0 Å². The molecular weight excluding hydrogens is 801 g/mol. The summed E-state index contributed by atoms with van der Waals surface area (Å²) < 4.78 is 0. The minimum atomic E-state index is 0.604. The first-order valence-corrected chi connectivity index (χ1v) is 22.3. The fraction of sp³-hybridized carbons (Fsp3) is 0. The monoisotopic (exact) mass is 840 g/mol. The molecule has 4 nitrogen and oxygen atoms in total. The summed E-state index contributed by atoms with van der Waals surface area (Å²) in [4.78, 5) is 20.2. The number of hydrogen-bond donors (Lipinski definition) is 0. The Hall–Kier alpha value is -8.86. The zero-order valence-electron chi connectivity index (χ0n) is 35.9. The maximum absolute atomic E-state index is 5.35. The van der Waals surface area contributed by atoms with Gasteiger partial charge in [0.15, 0.2) is 17.5 Å². The molecule has 0 unspecified atom stereocenters. The van der Waals surface area contributed by atoms with E-state index in [1.54, 1.807) is 6.20 Å². The molecule has 0 N–H and O–H groups in total. The van der Waals surface area contributed by atoms with E-state index in [4.69, 9.17) is 15.0 Å². The van der Waals surface area contributed by atoms with E-state index in [1.807, 2.05) is 18.3 Å². The summed E-state index contributed by atoms with van der Waals surface area (Å²) in [5, 5.41) is 7.00. The molecule has 0 atom stereocenters. The smallest absolute Gasteiger partial charge is 0.164 e. The van der Waals surface area contributed by atoms with E-state index >= 15 is 0 Å². The lowest BCUT2D eigenvalue weighted by Gasteiger charge is -2.21. The number of hydrogen-bond acceptors (Lipinski definition) is 4. The lowest BCUT2D eigenvalue weighted by atomic mass is 9.82. The summed E-state index contributed by atoms with van der Waals surface area (Å²) in [7, 11) is 0. The molecule has 0 radical (unpaired) electrons. The summed E-state index contributed by atoms with van der Waals surface area (Å²) in [6.45, 7) is 0.